The van der Waals surface area contributed by atoms with Crippen molar-refractivity contribution in [2.75, 3.05) is 5.32 Å². The summed E-state index contributed by atoms with van der Waals surface area (Å²) in [6, 6.07) is 8.37. The molecule has 0 spiro atoms. The van der Waals surface area contributed by atoms with Crippen molar-refractivity contribution in [3.63, 3.8) is 0 Å². The predicted molar refractivity (Wildman–Crippen MR) is 64.4 cm³/mol. The van der Waals surface area contributed by atoms with Gasteiger partial charge in [0.05, 0.1) is 0 Å². The van der Waals surface area contributed by atoms with E-state index in [1.807, 2.05) is 6.07 Å². The third-order valence-electron chi connectivity index (χ3n) is 3.92. The van der Waals surface area contributed by atoms with Crippen LogP contribution in [0.15, 0.2) is 35.5 Å². The first-order chi connectivity index (χ1) is 7.75. The first-order valence-electron chi connectivity index (χ1n) is 5.81. The summed E-state index contributed by atoms with van der Waals surface area (Å²) in [6.07, 6.45) is 4.16. The quantitative estimate of drug-likeness (QED) is 0.726. The number of fused-ring (bicyclic) bond motifs is 3. The Kier molecular flexibility index (Phi) is 1.93. The van der Waals surface area contributed by atoms with E-state index < -0.39 is 0 Å². The SMILES string of the molecule is C[C@]12CCCC(C=O)=C1Nc1ccccc12. The lowest BCUT2D eigenvalue weighted by Gasteiger charge is -2.31. The van der Waals surface area contributed by atoms with Crippen LogP contribution in [0.25, 0.3) is 0 Å². The zero-order chi connectivity index (χ0) is 11.2. The van der Waals surface area contributed by atoms with Gasteiger partial charge in [-0.25, -0.2) is 0 Å². The third kappa shape index (κ3) is 1.10. The molecule has 0 unspecified atom stereocenters. The predicted octanol–water partition coefficient (Wildman–Crippen LogP) is 3.01. The average Bonchev–Trinajstić information content (AvgIpc) is 2.62. The van der Waals surface area contributed by atoms with Gasteiger partial charge in [-0.15, -0.1) is 0 Å². The van der Waals surface area contributed by atoms with Crippen LogP contribution in [0.1, 0.15) is 31.7 Å². The molecular weight excluding hydrogens is 198 g/mol. The molecule has 0 fully saturated rings. The number of rotatable bonds is 1. The molecule has 2 heteroatoms. The summed E-state index contributed by atoms with van der Waals surface area (Å²) in [4.78, 5) is 11.1. The normalized spacial score (nSPS) is 27.1. The second-order valence-electron chi connectivity index (χ2n) is 4.87. The van der Waals surface area contributed by atoms with E-state index >= 15 is 0 Å². The standard InChI is InChI=1S/C14H15NO/c1-14-8-4-5-10(9-16)13(14)15-12-7-3-2-6-11(12)14/h2-3,6-7,9,15H,4-5,8H2,1H3/t14-/m1/s1. The molecule has 16 heavy (non-hydrogen) atoms. The van der Waals surface area contributed by atoms with Crippen molar-refractivity contribution < 1.29 is 4.79 Å². The largest absolute Gasteiger partial charge is 0.358 e. The third-order valence-corrected chi connectivity index (χ3v) is 3.92. The summed E-state index contributed by atoms with van der Waals surface area (Å²) >= 11 is 0. The van der Waals surface area contributed by atoms with Crippen LogP contribution in [0.2, 0.25) is 0 Å². The Bertz CT molecular complexity index is 489. The van der Waals surface area contributed by atoms with Crippen molar-refractivity contribution in [1.82, 2.24) is 0 Å². The van der Waals surface area contributed by atoms with Gasteiger partial charge in [-0.3, -0.25) is 4.79 Å². The molecular formula is C14H15NO. The second-order valence-corrected chi connectivity index (χ2v) is 4.87. The van der Waals surface area contributed by atoms with Crippen molar-refractivity contribution in [3.8, 4) is 0 Å². The highest BCUT2D eigenvalue weighted by molar-refractivity contribution is 5.81. The lowest BCUT2D eigenvalue weighted by Crippen LogP contribution is -2.27. The molecule has 0 radical (unpaired) electrons. The number of carbonyl (C=O) groups excluding carboxylic acids is 1. The fourth-order valence-corrected chi connectivity index (χ4v) is 3.05. The first-order valence-corrected chi connectivity index (χ1v) is 5.81. The number of para-hydroxylation sites is 1. The van der Waals surface area contributed by atoms with E-state index in [1.165, 1.54) is 11.3 Å². The van der Waals surface area contributed by atoms with E-state index in [0.717, 1.165) is 36.8 Å². The van der Waals surface area contributed by atoms with E-state index in [0.29, 0.717) is 0 Å². The fourth-order valence-electron chi connectivity index (χ4n) is 3.05. The molecule has 2 aliphatic rings. The number of carbonyl (C=O) groups is 1. The number of allylic oxidation sites excluding steroid dienone is 2. The Balaban J connectivity index is 2.23. The van der Waals surface area contributed by atoms with Crippen LogP contribution in [0, 0.1) is 0 Å². The molecule has 1 heterocycles. The van der Waals surface area contributed by atoms with Gasteiger partial charge in [-0.1, -0.05) is 18.2 Å². The van der Waals surface area contributed by atoms with Gasteiger partial charge >= 0.3 is 0 Å². The molecule has 0 saturated heterocycles. The van der Waals surface area contributed by atoms with Crippen molar-refractivity contribution in [1.29, 1.82) is 0 Å². The van der Waals surface area contributed by atoms with Crippen LogP contribution in [0.4, 0.5) is 5.69 Å². The summed E-state index contributed by atoms with van der Waals surface area (Å²) in [5.41, 5.74) is 4.62. The van der Waals surface area contributed by atoms with E-state index in [-0.39, 0.29) is 5.41 Å². The zero-order valence-electron chi connectivity index (χ0n) is 9.42. The topological polar surface area (TPSA) is 29.1 Å². The van der Waals surface area contributed by atoms with Gasteiger partial charge in [0.15, 0.2) is 0 Å². The number of nitrogens with one attached hydrogen (secondary N) is 1. The number of hydrogen-bond acceptors (Lipinski definition) is 2. The summed E-state index contributed by atoms with van der Waals surface area (Å²) in [5, 5.41) is 3.43. The van der Waals surface area contributed by atoms with Crippen molar-refractivity contribution in [2.24, 2.45) is 0 Å². The van der Waals surface area contributed by atoms with Gasteiger partial charge in [0.2, 0.25) is 0 Å². The second kappa shape index (κ2) is 3.21. The molecule has 1 aromatic rings. The smallest absolute Gasteiger partial charge is 0.147 e. The maximum absolute atomic E-state index is 11.1. The van der Waals surface area contributed by atoms with Crippen molar-refractivity contribution in [3.05, 3.63) is 41.1 Å². The van der Waals surface area contributed by atoms with Crippen LogP contribution in [0.3, 0.4) is 0 Å². The van der Waals surface area contributed by atoms with Crippen molar-refractivity contribution in [2.45, 2.75) is 31.6 Å². The van der Waals surface area contributed by atoms with E-state index in [4.69, 9.17) is 0 Å². The Morgan fingerprint density at radius 1 is 1.38 bits per heavy atom. The van der Waals surface area contributed by atoms with Crippen LogP contribution in [-0.2, 0) is 10.2 Å². The summed E-state index contributed by atoms with van der Waals surface area (Å²) < 4.78 is 0. The van der Waals surface area contributed by atoms with Gasteiger partial charge in [0, 0.05) is 22.4 Å². The van der Waals surface area contributed by atoms with Gasteiger partial charge in [-0.05, 0) is 37.8 Å². The highest BCUT2D eigenvalue weighted by Gasteiger charge is 2.41. The van der Waals surface area contributed by atoms with Gasteiger partial charge in [0.1, 0.15) is 6.29 Å². The van der Waals surface area contributed by atoms with Gasteiger partial charge in [0.25, 0.3) is 0 Å². The fraction of sp³-hybridized carbons (Fsp3) is 0.357. The molecule has 1 atom stereocenters. The summed E-state index contributed by atoms with van der Waals surface area (Å²) in [6.45, 7) is 2.24. The Morgan fingerprint density at radius 2 is 2.19 bits per heavy atom. The summed E-state index contributed by atoms with van der Waals surface area (Å²) in [7, 11) is 0. The van der Waals surface area contributed by atoms with E-state index in [9.17, 15) is 4.79 Å². The Hall–Kier alpha value is -1.57. The van der Waals surface area contributed by atoms with Crippen molar-refractivity contribution >= 4 is 12.0 Å². The maximum atomic E-state index is 11.1. The summed E-state index contributed by atoms with van der Waals surface area (Å²) in [5.74, 6) is 0. The molecule has 3 rings (SSSR count). The van der Waals surface area contributed by atoms with Crippen LogP contribution >= 0.6 is 0 Å². The Labute approximate surface area is 95.4 Å². The van der Waals surface area contributed by atoms with Crippen LogP contribution < -0.4 is 5.32 Å². The molecule has 0 bridgehead atoms. The molecule has 1 aliphatic carbocycles. The zero-order valence-corrected chi connectivity index (χ0v) is 9.42. The minimum absolute atomic E-state index is 0.0328. The molecule has 1 N–H and O–H groups in total. The van der Waals surface area contributed by atoms with E-state index in [1.54, 1.807) is 0 Å². The monoisotopic (exact) mass is 213 g/mol. The lowest BCUT2D eigenvalue weighted by atomic mass is 9.72. The lowest BCUT2D eigenvalue weighted by molar-refractivity contribution is -0.105. The maximum Gasteiger partial charge on any atom is 0.147 e. The minimum atomic E-state index is 0.0328. The average molecular weight is 213 g/mol. The Morgan fingerprint density at radius 3 is 3.00 bits per heavy atom. The minimum Gasteiger partial charge on any atom is -0.358 e. The van der Waals surface area contributed by atoms with Crippen LogP contribution in [0.5, 0.6) is 0 Å². The number of anilines is 1. The number of aldehydes is 1. The molecule has 2 nitrogen and oxygen atoms in total. The number of benzene rings is 1. The molecule has 82 valence electrons. The first kappa shape index (κ1) is 9.64. The van der Waals surface area contributed by atoms with Gasteiger partial charge in [-0.2, -0.15) is 0 Å². The van der Waals surface area contributed by atoms with Crippen LogP contribution in [-0.4, -0.2) is 6.29 Å². The number of hydrogen-bond donors (Lipinski definition) is 1. The van der Waals surface area contributed by atoms with E-state index in [2.05, 4.69) is 30.4 Å². The molecule has 0 amide bonds. The highest BCUT2D eigenvalue weighted by Crippen LogP contribution is 2.50. The highest BCUT2D eigenvalue weighted by atomic mass is 16.1. The van der Waals surface area contributed by atoms with Gasteiger partial charge < -0.3 is 5.32 Å². The molecule has 1 aliphatic heterocycles. The molecule has 1 aromatic carbocycles. The molecule has 0 aromatic heterocycles. The molecule has 0 saturated carbocycles.